The molecule has 0 radical (unpaired) electrons. The molecule has 0 aliphatic carbocycles. The van der Waals surface area contributed by atoms with Crippen LogP contribution in [-0.4, -0.2) is 50.6 Å². The summed E-state index contributed by atoms with van der Waals surface area (Å²) in [7, 11) is 0. The van der Waals surface area contributed by atoms with Gasteiger partial charge >= 0.3 is 0 Å². The van der Waals surface area contributed by atoms with Gasteiger partial charge in [-0.25, -0.2) is 9.67 Å². The van der Waals surface area contributed by atoms with Crippen LogP contribution in [0.2, 0.25) is 0 Å². The van der Waals surface area contributed by atoms with E-state index in [-0.39, 0.29) is 6.10 Å². The summed E-state index contributed by atoms with van der Waals surface area (Å²) < 4.78 is 12.9. The van der Waals surface area contributed by atoms with Crippen molar-refractivity contribution in [1.29, 1.82) is 0 Å². The molecule has 0 aromatic carbocycles. The highest BCUT2D eigenvalue weighted by Gasteiger charge is 2.22. The summed E-state index contributed by atoms with van der Waals surface area (Å²) in [5, 5.41) is 8.45. The molecular weight excluding hydrogens is 270 g/mol. The summed E-state index contributed by atoms with van der Waals surface area (Å²) in [6, 6.07) is 1.98. The molecule has 3 rings (SSSR count). The minimum absolute atomic E-state index is 0.131. The lowest BCUT2D eigenvalue weighted by Gasteiger charge is -2.32. The summed E-state index contributed by atoms with van der Waals surface area (Å²) >= 11 is 0. The number of aryl methyl sites for hydroxylation is 3. The van der Waals surface area contributed by atoms with Crippen molar-refractivity contribution in [3.63, 3.8) is 0 Å². The van der Waals surface area contributed by atoms with Crippen LogP contribution < -0.4 is 0 Å². The molecule has 114 valence electrons. The number of aromatic nitrogens is 4. The van der Waals surface area contributed by atoms with Crippen LogP contribution in [0.15, 0.2) is 10.6 Å². The molecule has 0 saturated carbocycles. The lowest BCUT2D eigenvalue weighted by molar-refractivity contribution is -0.0410. The first-order chi connectivity index (χ1) is 10.1. The van der Waals surface area contributed by atoms with Crippen molar-refractivity contribution in [3.05, 3.63) is 29.2 Å². The Bertz CT molecular complexity index is 606. The zero-order chi connectivity index (χ0) is 14.8. The van der Waals surface area contributed by atoms with E-state index >= 15 is 0 Å². The zero-order valence-electron chi connectivity index (χ0n) is 12.7. The molecule has 7 heteroatoms. The first-order valence-electron chi connectivity index (χ1n) is 7.24. The predicted molar refractivity (Wildman–Crippen MR) is 75.8 cm³/mol. The SMILES string of the molecule is Cc1nc(C)n(C[C@@H]2CN(Cc3cc(C)on3)CCO2)n1. The van der Waals surface area contributed by atoms with Crippen LogP contribution in [0.25, 0.3) is 0 Å². The topological polar surface area (TPSA) is 69.2 Å². The van der Waals surface area contributed by atoms with Crippen molar-refractivity contribution in [2.45, 2.75) is 40.0 Å². The number of hydrogen-bond donors (Lipinski definition) is 0. The van der Waals surface area contributed by atoms with Gasteiger partial charge in [-0.3, -0.25) is 4.90 Å². The first kappa shape index (κ1) is 14.2. The van der Waals surface area contributed by atoms with Crippen molar-refractivity contribution in [1.82, 2.24) is 24.8 Å². The molecule has 1 atom stereocenters. The summed E-state index contributed by atoms with van der Waals surface area (Å²) in [6.07, 6.45) is 0.131. The van der Waals surface area contributed by atoms with Gasteiger partial charge in [-0.1, -0.05) is 5.16 Å². The van der Waals surface area contributed by atoms with Crippen LogP contribution in [0.3, 0.4) is 0 Å². The molecule has 0 unspecified atom stereocenters. The van der Waals surface area contributed by atoms with Gasteiger partial charge in [0.05, 0.1) is 24.9 Å². The maximum absolute atomic E-state index is 5.85. The van der Waals surface area contributed by atoms with E-state index in [0.29, 0.717) is 0 Å². The number of rotatable bonds is 4. The van der Waals surface area contributed by atoms with Gasteiger partial charge in [-0.05, 0) is 20.8 Å². The minimum atomic E-state index is 0.131. The Balaban J connectivity index is 1.59. The van der Waals surface area contributed by atoms with Crippen LogP contribution >= 0.6 is 0 Å². The molecular formula is C14H21N5O2. The molecule has 0 amide bonds. The van der Waals surface area contributed by atoms with Crippen LogP contribution in [0.1, 0.15) is 23.1 Å². The maximum atomic E-state index is 5.85. The van der Waals surface area contributed by atoms with Gasteiger partial charge < -0.3 is 9.26 Å². The van der Waals surface area contributed by atoms with Gasteiger partial charge in [0.2, 0.25) is 0 Å². The molecule has 3 heterocycles. The molecule has 21 heavy (non-hydrogen) atoms. The Kier molecular flexibility index (Phi) is 4.03. The number of hydrogen-bond acceptors (Lipinski definition) is 6. The lowest BCUT2D eigenvalue weighted by atomic mass is 10.2. The quantitative estimate of drug-likeness (QED) is 0.840. The van der Waals surface area contributed by atoms with E-state index in [0.717, 1.165) is 55.9 Å². The fourth-order valence-electron chi connectivity index (χ4n) is 2.68. The number of morpholine rings is 1. The van der Waals surface area contributed by atoms with Crippen molar-refractivity contribution in [2.75, 3.05) is 19.7 Å². The molecule has 1 saturated heterocycles. The van der Waals surface area contributed by atoms with Crippen LogP contribution in [0.4, 0.5) is 0 Å². The summed E-state index contributed by atoms with van der Waals surface area (Å²) in [6.45, 7) is 9.83. The van der Waals surface area contributed by atoms with Gasteiger partial charge in [0.15, 0.2) is 0 Å². The lowest BCUT2D eigenvalue weighted by Crippen LogP contribution is -2.44. The summed E-state index contributed by atoms with van der Waals surface area (Å²) in [5.74, 6) is 2.59. The van der Waals surface area contributed by atoms with Crippen LogP contribution in [0, 0.1) is 20.8 Å². The van der Waals surface area contributed by atoms with Crippen molar-refractivity contribution >= 4 is 0 Å². The van der Waals surface area contributed by atoms with E-state index in [1.54, 1.807) is 0 Å². The molecule has 2 aromatic rings. The second-order valence-corrected chi connectivity index (χ2v) is 5.55. The largest absolute Gasteiger partial charge is 0.374 e. The third-order valence-corrected chi connectivity index (χ3v) is 3.62. The number of nitrogens with zero attached hydrogens (tertiary/aromatic N) is 5. The van der Waals surface area contributed by atoms with E-state index in [2.05, 4.69) is 20.1 Å². The third kappa shape index (κ3) is 3.48. The fourth-order valence-corrected chi connectivity index (χ4v) is 2.68. The third-order valence-electron chi connectivity index (χ3n) is 3.62. The average molecular weight is 291 g/mol. The Morgan fingerprint density at radius 1 is 1.33 bits per heavy atom. The van der Waals surface area contributed by atoms with Gasteiger partial charge in [-0.15, -0.1) is 0 Å². The highest BCUT2D eigenvalue weighted by molar-refractivity contribution is 5.03. The van der Waals surface area contributed by atoms with Crippen molar-refractivity contribution < 1.29 is 9.26 Å². The van der Waals surface area contributed by atoms with Crippen molar-refractivity contribution in [2.24, 2.45) is 0 Å². The molecule has 0 N–H and O–H groups in total. The van der Waals surface area contributed by atoms with Crippen LogP contribution in [-0.2, 0) is 17.8 Å². The normalized spacial score (nSPS) is 20.0. The van der Waals surface area contributed by atoms with E-state index < -0.39 is 0 Å². The molecule has 0 bridgehead atoms. The fraction of sp³-hybridized carbons (Fsp3) is 0.643. The molecule has 7 nitrogen and oxygen atoms in total. The minimum Gasteiger partial charge on any atom is -0.374 e. The van der Waals surface area contributed by atoms with Gasteiger partial charge in [0, 0.05) is 25.7 Å². The van der Waals surface area contributed by atoms with Crippen molar-refractivity contribution in [3.8, 4) is 0 Å². The smallest absolute Gasteiger partial charge is 0.147 e. The molecule has 1 aliphatic rings. The van der Waals surface area contributed by atoms with Crippen LogP contribution in [0.5, 0.6) is 0 Å². The molecule has 1 aliphatic heterocycles. The Morgan fingerprint density at radius 2 is 2.19 bits per heavy atom. The molecule has 0 spiro atoms. The van der Waals surface area contributed by atoms with E-state index in [9.17, 15) is 0 Å². The maximum Gasteiger partial charge on any atom is 0.147 e. The summed E-state index contributed by atoms with van der Waals surface area (Å²) in [4.78, 5) is 6.66. The highest BCUT2D eigenvalue weighted by Crippen LogP contribution is 2.12. The second-order valence-electron chi connectivity index (χ2n) is 5.55. The Morgan fingerprint density at radius 3 is 2.86 bits per heavy atom. The van der Waals surface area contributed by atoms with E-state index in [4.69, 9.17) is 9.26 Å². The monoisotopic (exact) mass is 291 g/mol. The van der Waals surface area contributed by atoms with Gasteiger partial charge in [0.25, 0.3) is 0 Å². The average Bonchev–Trinajstić information content (AvgIpc) is 2.96. The second kappa shape index (κ2) is 5.95. The zero-order valence-corrected chi connectivity index (χ0v) is 12.7. The first-order valence-corrected chi connectivity index (χ1v) is 7.24. The van der Waals surface area contributed by atoms with Gasteiger partial charge in [0.1, 0.15) is 17.4 Å². The summed E-state index contributed by atoms with van der Waals surface area (Å²) in [5.41, 5.74) is 0.973. The molecule has 1 fully saturated rings. The standard InChI is InChI=1S/C14H21N5O2/c1-10-6-13(17-21-10)7-18-4-5-20-14(8-18)9-19-12(3)15-11(2)16-19/h6,14H,4-5,7-9H2,1-3H3/t14-/m0/s1. The Hall–Kier alpha value is -1.73. The van der Waals surface area contributed by atoms with Gasteiger partial charge in [-0.2, -0.15) is 5.10 Å². The van der Waals surface area contributed by atoms with E-state index in [1.165, 1.54) is 0 Å². The molecule has 2 aromatic heterocycles. The highest BCUT2D eigenvalue weighted by atomic mass is 16.5. The Labute approximate surface area is 123 Å². The predicted octanol–water partition coefficient (Wildman–Crippen LogP) is 1.09. The number of ether oxygens (including phenoxy) is 1. The van der Waals surface area contributed by atoms with E-state index in [1.807, 2.05) is 31.5 Å².